The molecule has 7 nitrogen and oxygen atoms in total. The van der Waals surface area contributed by atoms with Gasteiger partial charge in [0.1, 0.15) is 0 Å². The van der Waals surface area contributed by atoms with E-state index in [9.17, 15) is 9.59 Å². The van der Waals surface area contributed by atoms with Crippen molar-refractivity contribution >= 4 is 23.5 Å². The quantitative estimate of drug-likeness (QED) is 0.695. The van der Waals surface area contributed by atoms with E-state index in [-0.39, 0.29) is 17.5 Å². The van der Waals surface area contributed by atoms with Gasteiger partial charge in [0, 0.05) is 49.6 Å². The van der Waals surface area contributed by atoms with E-state index in [1.54, 1.807) is 30.0 Å². The zero-order valence-corrected chi connectivity index (χ0v) is 17.3. The summed E-state index contributed by atoms with van der Waals surface area (Å²) in [4.78, 5) is 34.6. The molecule has 1 saturated heterocycles. The molecule has 1 aliphatic heterocycles. The lowest BCUT2D eigenvalue weighted by molar-refractivity contribution is -0.129. The summed E-state index contributed by atoms with van der Waals surface area (Å²) in [6.07, 6.45) is 5.17. The normalized spacial score (nSPS) is 16.3. The molecule has 4 rings (SSSR count). The smallest absolute Gasteiger partial charge is 0.255 e. The predicted octanol–water partition coefficient (Wildman–Crippen LogP) is 3.37. The van der Waals surface area contributed by atoms with Crippen molar-refractivity contribution in [1.29, 1.82) is 0 Å². The maximum Gasteiger partial charge on any atom is 0.255 e. The molecule has 0 aliphatic carbocycles. The zero-order chi connectivity index (χ0) is 21.1. The number of piperidine rings is 1. The molecule has 1 fully saturated rings. The van der Waals surface area contributed by atoms with Gasteiger partial charge in [-0.2, -0.15) is 0 Å². The highest BCUT2D eigenvalue weighted by molar-refractivity contribution is 6.32. The Hall–Kier alpha value is -3.19. The predicted molar refractivity (Wildman–Crippen MR) is 117 cm³/mol. The van der Waals surface area contributed by atoms with Gasteiger partial charge < -0.3 is 10.2 Å². The summed E-state index contributed by atoms with van der Waals surface area (Å²) in [6, 6.07) is 12.6. The first kappa shape index (κ1) is 20.1. The molecule has 0 spiro atoms. The minimum Gasteiger partial charge on any atom is -0.350 e. The number of nitrogens with one attached hydrogen (secondary N) is 1. The highest BCUT2D eigenvalue weighted by Crippen LogP contribution is 2.28. The average Bonchev–Trinajstić information content (AvgIpc) is 2.76. The number of halogens is 1. The van der Waals surface area contributed by atoms with E-state index in [0.717, 1.165) is 30.6 Å². The number of hydrogen-bond donors (Lipinski definition) is 1. The minimum absolute atomic E-state index is 0.0761. The second kappa shape index (κ2) is 8.67. The van der Waals surface area contributed by atoms with Crippen molar-refractivity contribution in [3.63, 3.8) is 0 Å². The lowest BCUT2D eigenvalue weighted by Crippen LogP contribution is -2.44. The molecule has 0 bridgehead atoms. The second-order valence-corrected chi connectivity index (χ2v) is 7.71. The summed E-state index contributed by atoms with van der Waals surface area (Å²) in [5, 5.41) is 3.75. The van der Waals surface area contributed by atoms with Gasteiger partial charge >= 0.3 is 0 Å². The molecule has 3 aromatic rings. The van der Waals surface area contributed by atoms with Crippen molar-refractivity contribution in [1.82, 2.24) is 19.4 Å². The third-order valence-corrected chi connectivity index (χ3v) is 5.44. The lowest BCUT2D eigenvalue weighted by Gasteiger charge is -2.32. The summed E-state index contributed by atoms with van der Waals surface area (Å²) in [7, 11) is 0. The van der Waals surface area contributed by atoms with E-state index in [0.29, 0.717) is 23.2 Å². The molecule has 0 unspecified atom stereocenters. The first-order valence-corrected chi connectivity index (χ1v) is 10.2. The van der Waals surface area contributed by atoms with E-state index in [1.165, 1.54) is 6.07 Å². The van der Waals surface area contributed by atoms with Crippen LogP contribution in [-0.2, 0) is 4.79 Å². The largest absolute Gasteiger partial charge is 0.350 e. The number of amides is 1. The molecule has 1 atom stereocenters. The van der Waals surface area contributed by atoms with Crippen LogP contribution in [0.5, 0.6) is 0 Å². The van der Waals surface area contributed by atoms with Crippen LogP contribution in [0, 0.1) is 0 Å². The Morgan fingerprint density at radius 1 is 1.23 bits per heavy atom. The van der Waals surface area contributed by atoms with Crippen LogP contribution in [0.2, 0.25) is 5.02 Å². The van der Waals surface area contributed by atoms with Gasteiger partial charge in [-0.25, -0.2) is 9.97 Å². The van der Waals surface area contributed by atoms with E-state index >= 15 is 0 Å². The van der Waals surface area contributed by atoms with Gasteiger partial charge in [0.15, 0.2) is 0 Å². The second-order valence-electron chi connectivity index (χ2n) is 7.30. The van der Waals surface area contributed by atoms with Crippen molar-refractivity contribution in [3.8, 4) is 16.9 Å². The van der Waals surface area contributed by atoms with Crippen LogP contribution >= 0.6 is 11.6 Å². The molecule has 0 radical (unpaired) electrons. The van der Waals surface area contributed by atoms with Crippen molar-refractivity contribution in [2.75, 3.05) is 18.4 Å². The number of nitrogens with zero attached hydrogens (tertiary/aromatic N) is 4. The van der Waals surface area contributed by atoms with Crippen molar-refractivity contribution < 1.29 is 4.79 Å². The number of hydrogen-bond acceptors (Lipinski definition) is 5. The standard InChI is InChI=1S/C22H22ClN5O2/c1-15(29)27-10-5-7-17(14-27)25-22-24-13-19(23)21(26-22)16-6-4-8-18(12-16)28-11-3-2-9-20(28)30/h2-4,6,8-9,11-13,17H,5,7,10,14H2,1H3,(H,24,25,26)/t17-/m0/s1. The maximum absolute atomic E-state index is 12.2. The summed E-state index contributed by atoms with van der Waals surface area (Å²) >= 11 is 6.39. The van der Waals surface area contributed by atoms with Crippen LogP contribution in [0.3, 0.4) is 0 Å². The van der Waals surface area contributed by atoms with Crippen molar-refractivity contribution in [2.45, 2.75) is 25.8 Å². The monoisotopic (exact) mass is 423 g/mol. The molecule has 1 N–H and O–H groups in total. The first-order chi connectivity index (χ1) is 14.5. The number of carbonyl (C=O) groups is 1. The van der Waals surface area contributed by atoms with Gasteiger partial charge in [0.2, 0.25) is 11.9 Å². The Balaban J connectivity index is 1.61. The Labute approximate surface area is 179 Å². The van der Waals surface area contributed by atoms with Crippen LogP contribution in [0.15, 0.2) is 59.7 Å². The Morgan fingerprint density at radius 2 is 2.10 bits per heavy atom. The molecule has 3 heterocycles. The average molecular weight is 424 g/mol. The van der Waals surface area contributed by atoms with Gasteiger partial charge in [0.25, 0.3) is 5.56 Å². The molecule has 2 aromatic heterocycles. The van der Waals surface area contributed by atoms with Gasteiger partial charge in [0.05, 0.1) is 16.9 Å². The van der Waals surface area contributed by atoms with E-state index in [4.69, 9.17) is 11.6 Å². The third-order valence-electron chi connectivity index (χ3n) is 5.16. The van der Waals surface area contributed by atoms with Crippen LogP contribution < -0.4 is 10.9 Å². The number of likely N-dealkylation sites (tertiary alicyclic amines) is 1. The van der Waals surface area contributed by atoms with Crippen molar-refractivity contribution in [2.24, 2.45) is 0 Å². The Kier molecular flexibility index (Phi) is 5.81. The van der Waals surface area contributed by atoms with Crippen LogP contribution in [0.25, 0.3) is 16.9 Å². The fourth-order valence-corrected chi connectivity index (χ4v) is 3.85. The number of pyridine rings is 1. The molecule has 1 aliphatic rings. The van der Waals surface area contributed by atoms with Gasteiger partial charge in [-0.05, 0) is 31.0 Å². The topological polar surface area (TPSA) is 80.1 Å². The van der Waals surface area contributed by atoms with Crippen LogP contribution in [0.1, 0.15) is 19.8 Å². The molecule has 30 heavy (non-hydrogen) atoms. The number of rotatable bonds is 4. The van der Waals surface area contributed by atoms with Crippen LogP contribution in [-0.4, -0.2) is 44.5 Å². The van der Waals surface area contributed by atoms with E-state index in [1.807, 2.05) is 35.2 Å². The summed E-state index contributed by atoms with van der Waals surface area (Å²) in [5.41, 5.74) is 1.98. The fourth-order valence-electron chi connectivity index (χ4n) is 3.65. The lowest BCUT2D eigenvalue weighted by atomic mass is 10.1. The summed E-state index contributed by atoms with van der Waals surface area (Å²) < 4.78 is 1.57. The Morgan fingerprint density at radius 3 is 2.90 bits per heavy atom. The fraction of sp³-hybridized carbons (Fsp3) is 0.273. The van der Waals surface area contributed by atoms with Crippen molar-refractivity contribution in [3.05, 3.63) is 70.2 Å². The molecule has 0 saturated carbocycles. The van der Waals surface area contributed by atoms with Gasteiger partial charge in [-0.3, -0.25) is 14.2 Å². The molecular formula is C22H22ClN5O2. The molecule has 154 valence electrons. The molecular weight excluding hydrogens is 402 g/mol. The van der Waals surface area contributed by atoms with Crippen LogP contribution in [0.4, 0.5) is 5.95 Å². The first-order valence-electron chi connectivity index (χ1n) is 9.84. The van der Waals surface area contributed by atoms with E-state index in [2.05, 4.69) is 15.3 Å². The highest BCUT2D eigenvalue weighted by atomic mass is 35.5. The molecule has 8 heteroatoms. The number of aromatic nitrogens is 3. The third kappa shape index (κ3) is 4.36. The number of anilines is 1. The van der Waals surface area contributed by atoms with Gasteiger partial charge in [-0.15, -0.1) is 0 Å². The van der Waals surface area contributed by atoms with E-state index < -0.39 is 0 Å². The Bertz CT molecular complexity index is 1130. The minimum atomic E-state index is -0.113. The molecule has 1 amide bonds. The summed E-state index contributed by atoms with van der Waals surface area (Å²) in [5.74, 6) is 0.541. The zero-order valence-electron chi connectivity index (χ0n) is 16.6. The maximum atomic E-state index is 12.2. The number of carbonyl (C=O) groups excluding carboxylic acids is 1. The highest BCUT2D eigenvalue weighted by Gasteiger charge is 2.22. The SMILES string of the molecule is CC(=O)N1CCC[C@H](Nc2ncc(Cl)c(-c3cccc(-n4ccccc4=O)c3)n2)C1. The number of benzene rings is 1. The summed E-state index contributed by atoms with van der Waals surface area (Å²) in [6.45, 7) is 3.00. The van der Waals surface area contributed by atoms with Gasteiger partial charge in [-0.1, -0.05) is 29.8 Å². The molecule has 1 aromatic carbocycles.